The van der Waals surface area contributed by atoms with Gasteiger partial charge in [-0.15, -0.1) is 12.2 Å². The maximum absolute atomic E-state index is 3.86. The molecule has 0 fully saturated rings. The minimum atomic E-state index is 0. The summed E-state index contributed by atoms with van der Waals surface area (Å²) >= 11 is 0. The normalized spacial score (nSPS) is 8.55. The second kappa shape index (κ2) is 5.67. The third-order valence-corrected chi connectivity index (χ3v) is 1.35. The van der Waals surface area contributed by atoms with Crippen molar-refractivity contribution in [2.75, 3.05) is 18.5 Å². The summed E-state index contributed by atoms with van der Waals surface area (Å²) < 4.78 is 0. The van der Waals surface area contributed by atoms with Crippen molar-refractivity contribution < 1.29 is 32.7 Å². The summed E-state index contributed by atoms with van der Waals surface area (Å²) in [5, 5.41) is 0. The van der Waals surface area contributed by atoms with Crippen LogP contribution < -0.4 is 4.90 Å². The van der Waals surface area contributed by atoms with Gasteiger partial charge in [0.15, 0.2) is 0 Å². The molecule has 1 heterocycles. The number of anilines is 1. The first-order valence-electron chi connectivity index (χ1n) is 3.16. The van der Waals surface area contributed by atoms with Gasteiger partial charge >= 0.3 is 0 Å². The molecule has 0 aliphatic heterocycles. The Labute approximate surface area is 92.9 Å². The molecule has 3 heteroatoms. The standard InChI is InChI=1S/C8H10N2.Y/c1-3-10(2)8-4-6-9-7-5-8;/h4,6-7H,1,3H2,2H3;/q-2;. The van der Waals surface area contributed by atoms with Gasteiger partial charge < -0.3 is 16.8 Å². The third-order valence-electron chi connectivity index (χ3n) is 1.35. The van der Waals surface area contributed by atoms with Crippen molar-refractivity contribution in [1.29, 1.82) is 0 Å². The SMILES string of the molecule is [CH2-]CN(C)c1[c-]cncc1.[Y]. The Morgan fingerprint density at radius 1 is 1.73 bits per heavy atom. The smallest absolute Gasteiger partial charge is 0.000165 e. The fraction of sp³-hybridized carbons (Fsp3) is 0.250. The summed E-state index contributed by atoms with van der Waals surface area (Å²) in [4.78, 5) is 5.86. The molecule has 0 saturated carbocycles. The second-order valence-electron chi connectivity index (χ2n) is 2.05. The van der Waals surface area contributed by atoms with Gasteiger partial charge in [-0.3, -0.25) is 0 Å². The average molecular weight is 223 g/mol. The van der Waals surface area contributed by atoms with Crippen LogP contribution in [-0.4, -0.2) is 18.6 Å². The predicted molar refractivity (Wildman–Crippen MR) is 41.7 cm³/mol. The third kappa shape index (κ3) is 3.30. The minimum Gasteiger partial charge on any atom is -0.437 e. The second-order valence-corrected chi connectivity index (χ2v) is 2.05. The van der Waals surface area contributed by atoms with Crippen molar-refractivity contribution in [3.05, 3.63) is 31.5 Å². The van der Waals surface area contributed by atoms with E-state index >= 15 is 0 Å². The van der Waals surface area contributed by atoms with Gasteiger partial charge in [0.05, 0.1) is 0 Å². The topological polar surface area (TPSA) is 16.1 Å². The minimum absolute atomic E-state index is 0. The maximum atomic E-state index is 3.86. The van der Waals surface area contributed by atoms with Crippen LogP contribution in [0.3, 0.4) is 0 Å². The molecular weight excluding hydrogens is 213 g/mol. The van der Waals surface area contributed by atoms with Crippen LogP contribution in [0.4, 0.5) is 5.69 Å². The first-order chi connectivity index (χ1) is 4.84. The van der Waals surface area contributed by atoms with Gasteiger partial charge in [-0.05, 0) is 0 Å². The number of pyridine rings is 1. The van der Waals surface area contributed by atoms with Crippen molar-refractivity contribution in [3.63, 3.8) is 0 Å². The molecule has 11 heavy (non-hydrogen) atoms. The fourth-order valence-electron chi connectivity index (χ4n) is 0.666. The summed E-state index contributed by atoms with van der Waals surface area (Å²) in [6, 6.07) is 4.90. The molecule has 1 aromatic heterocycles. The van der Waals surface area contributed by atoms with Crippen molar-refractivity contribution in [2.45, 2.75) is 0 Å². The molecule has 0 unspecified atom stereocenters. The monoisotopic (exact) mass is 223 g/mol. The van der Waals surface area contributed by atoms with Crippen LogP contribution in [0, 0.1) is 13.0 Å². The van der Waals surface area contributed by atoms with Crippen LogP contribution in [0.1, 0.15) is 0 Å². The molecule has 0 aliphatic carbocycles. The Balaban J connectivity index is 0.000001000. The molecule has 1 rings (SSSR count). The van der Waals surface area contributed by atoms with E-state index in [0.29, 0.717) is 0 Å². The van der Waals surface area contributed by atoms with Gasteiger partial charge in [0.1, 0.15) is 0 Å². The van der Waals surface area contributed by atoms with E-state index in [1.165, 1.54) is 0 Å². The van der Waals surface area contributed by atoms with Crippen LogP contribution in [0.5, 0.6) is 0 Å². The zero-order valence-electron chi connectivity index (χ0n) is 6.62. The Hall–Kier alpha value is 0.0539. The van der Waals surface area contributed by atoms with E-state index in [1.54, 1.807) is 12.4 Å². The molecule has 57 valence electrons. The molecule has 0 amide bonds. The van der Waals surface area contributed by atoms with Crippen molar-refractivity contribution in [2.24, 2.45) is 0 Å². The summed E-state index contributed by atoms with van der Waals surface area (Å²) in [5.41, 5.74) is 1.03. The van der Waals surface area contributed by atoms with E-state index in [0.717, 1.165) is 12.2 Å². The van der Waals surface area contributed by atoms with Gasteiger partial charge in [0, 0.05) is 39.8 Å². The summed E-state index contributed by atoms with van der Waals surface area (Å²) in [6.07, 6.45) is 3.40. The number of hydrogen-bond donors (Lipinski definition) is 0. The van der Waals surface area contributed by atoms with Crippen molar-refractivity contribution in [3.8, 4) is 0 Å². The van der Waals surface area contributed by atoms with Crippen LogP contribution >= 0.6 is 0 Å². The molecular formula is C8H10N2Y-2. The van der Waals surface area contributed by atoms with E-state index in [1.807, 2.05) is 18.0 Å². The number of aromatic nitrogens is 1. The van der Waals surface area contributed by atoms with Crippen molar-refractivity contribution >= 4 is 5.69 Å². The van der Waals surface area contributed by atoms with Crippen LogP contribution in [0.25, 0.3) is 0 Å². The van der Waals surface area contributed by atoms with Crippen LogP contribution in [0.2, 0.25) is 0 Å². The molecule has 2 nitrogen and oxygen atoms in total. The van der Waals surface area contributed by atoms with Crippen LogP contribution in [-0.2, 0) is 32.7 Å². The Bertz CT molecular complexity index is 189. The summed E-state index contributed by atoms with van der Waals surface area (Å²) in [5.74, 6) is 0. The van der Waals surface area contributed by atoms with Gasteiger partial charge in [-0.25, -0.2) is 6.07 Å². The molecule has 0 N–H and O–H groups in total. The first kappa shape index (κ1) is 11.1. The molecule has 1 aromatic rings. The van der Waals surface area contributed by atoms with E-state index in [4.69, 9.17) is 0 Å². The molecule has 0 saturated heterocycles. The van der Waals surface area contributed by atoms with Gasteiger partial charge in [-0.1, -0.05) is 12.4 Å². The summed E-state index contributed by atoms with van der Waals surface area (Å²) in [7, 11) is 1.97. The predicted octanol–water partition coefficient (Wildman–Crippen LogP) is 1.15. The van der Waals surface area contributed by atoms with E-state index in [9.17, 15) is 0 Å². The largest absolute Gasteiger partial charge is 0.437 e. The van der Waals surface area contributed by atoms with Crippen LogP contribution in [0.15, 0.2) is 18.5 Å². The van der Waals surface area contributed by atoms with Gasteiger partial charge in [0.2, 0.25) is 0 Å². The fourth-order valence-corrected chi connectivity index (χ4v) is 0.666. The zero-order chi connectivity index (χ0) is 7.40. The first-order valence-corrected chi connectivity index (χ1v) is 3.16. The Morgan fingerprint density at radius 3 is 2.91 bits per heavy atom. The molecule has 0 atom stereocenters. The van der Waals surface area contributed by atoms with Crippen molar-refractivity contribution in [1.82, 2.24) is 4.98 Å². The average Bonchev–Trinajstić information content (AvgIpc) is 2.05. The van der Waals surface area contributed by atoms with Gasteiger partial charge in [0.25, 0.3) is 0 Å². The maximum Gasteiger partial charge on any atom is 0.000165 e. The molecule has 0 spiro atoms. The molecule has 0 aromatic carbocycles. The Kier molecular flexibility index (Phi) is 5.70. The van der Waals surface area contributed by atoms with E-state index in [2.05, 4.69) is 18.0 Å². The Morgan fingerprint density at radius 2 is 2.45 bits per heavy atom. The number of nitrogens with zero attached hydrogens (tertiary/aromatic N) is 2. The quantitative estimate of drug-likeness (QED) is 0.699. The summed E-state index contributed by atoms with van der Waals surface area (Å²) in [6.45, 7) is 4.50. The zero-order valence-corrected chi connectivity index (χ0v) is 9.46. The molecule has 1 radical (unpaired) electrons. The number of hydrogen-bond acceptors (Lipinski definition) is 2. The van der Waals surface area contributed by atoms with Gasteiger partial charge in [-0.2, -0.15) is 6.07 Å². The van der Waals surface area contributed by atoms with E-state index in [-0.39, 0.29) is 32.7 Å². The number of rotatable bonds is 2. The van der Waals surface area contributed by atoms with E-state index < -0.39 is 0 Å². The molecule has 0 aliphatic rings. The molecule has 0 bridgehead atoms.